The van der Waals surface area contributed by atoms with Crippen LogP contribution in [0.2, 0.25) is 0 Å². The van der Waals surface area contributed by atoms with Crippen molar-refractivity contribution in [2.45, 2.75) is 20.0 Å². The maximum absolute atomic E-state index is 10.7. The fourth-order valence-electron chi connectivity index (χ4n) is 0.351. The van der Waals surface area contributed by atoms with Crippen LogP contribution in [-0.2, 0) is 19.0 Å². The van der Waals surface area contributed by atoms with Crippen LogP contribution < -0.4 is 0 Å². The van der Waals surface area contributed by atoms with E-state index in [-0.39, 0.29) is 18.5 Å². The summed E-state index contributed by atoms with van der Waals surface area (Å²) in [6, 6.07) is 0. The summed E-state index contributed by atoms with van der Waals surface area (Å²) >= 11 is 0. The van der Waals surface area contributed by atoms with E-state index >= 15 is 0 Å². The van der Waals surface area contributed by atoms with Crippen LogP contribution in [0.4, 0.5) is 0 Å². The van der Waals surface area contributed by atoms with Crippen molar-refractivity contribution < 1.29 is 17.3 Å². The highest BCUT2D eigenvalue weighted by Crippen LogP contribution is 1.96. The smallest absolute Gasteiger partial charge is 0.267 e. The van der Waals surface area contributed by atoms with Crippen molar-refractivity contribution in [1.82, 2.24) is 0 Å². The van der Waals surface area contributed by atoms with E-state index < -0.39 is 10.1 Å². The third-order valence-corrected chi connectivity index (χ3v) is 2.44. The molecular formula is C6H14O4S. The summed E-state index contributed by atoms with van der Waals surface area (Å²) in [4.78, 5) is 0. The lowest BCUT2D eigenvalue weighted by Gasteiger charge is -2.08. The van der Waals surface area contributed by atoms with Crippen LogP contribution in [0.5, 0.6) is 0 Å². The Labute approximate surface area is 67.6 Å². The first-order valence-electron chi connectivity index (χ1n) is 3.41. The minimum absolute atomic E-state index is 0.00341. The largest absolute Gasteiger partial charge is 0.379 e. The summed E-state index contributed by atoms with van der Waals surface area (Å²) < 4.78 is 30.9. The molecule has 0 bridgehead atoms. The molecule has 1 atom stereocenters. The third-order valence-electron chi connectivity index (χ3n) is 1.24. The van der Waals surface area contributed by atoms with Crippen molar-refractivity contribution in [3.63, 3.8) is 0 Å². The first-order valence-corrected chi connectivity index (χ1v) is 4.99. The maximum Gasteiger partial charge on any atom is 0.267 e. The van der Waals surface area contributed by atoms with Gasteiger partial charge in [-0.2, -0.15) is 8.42 Å². The van der Waals surface area contributed by atoms with Crippen molar-refractivity contribution in [2.75, 3.05) is 19.5 Å². The van der Waals surface area contributed by atoms with Gasteiger partial charge in [-0.25, -0.2) is 0 Å². The molecule has 11 heavy (non-hydrogen) atoms. The molecule has 0 rings (SSSR count). The van der Waals surface area contributed by atoms with Gasteiger partial charge in [0.15, 0.2) is 0 Å². The van der Waals surface area contributed by atoms with E-state index in [1.54, 1.807) is 6.92 Å². The van der Waals surface area contributed by atoms with Crippen molar-refractivity contribution in [3.05, 3.63) is 0 Å². The highest BCUT2D eigenvalue weighted by Gasteiger charge is 2.09. The molecule has 0 N–H and O–H groups in total. The van der Waals surface area contributed by atoms with E-state index in [1.807, 2.05) is 0 Å². The first kappa shape index (κ1) is 10.9. The molecule has 0 fully saturated rings. The Morgan fingerprint density at radius 2 is 2.00 bits per heavy atom. The Balaban J connectivity index is 3.71. The van der Waals surface area contributed by atoms with Gasteiger partial charge in [-0.15, -0.1) is 0 Å². The number of rotatable bonds is 5. The molecule has 0 aliphatic carbocycles. The highest BCUT2D eigenvalue weighted by atomic mass is 32.2. The molecule has 0 amide bonds. The number of hydrogen-bond acceptors (Lipinski definition) is 4. The van der Waals surface area contributed by atoms with E-state index in [9.17, 15) is 8.42 Å². The van der Waals surface area contributed by atoms with Gasteiger partial charge in [-0.3, -0.25) is 4.18 Å². The monoisotopic (exact) mass is 182 g/mol. The molecule has 0 aromatic carbocycles. The zero-order valence-electron chi connectivity index (χ0n) is 7.03. The average Bonchev–Trinajstić information content (AvgIpc) is 2.00. The molecule has 68 valence electrons. The molecule has 0 saturated carbocycles. The van der Waals surface area contributed by atoms with Crippen molar-refractivity contribution in [1.29, 1.82) is 0 Å². The van der Waals surface area contributed by atoms with Crippen LogP contribution in [0.3, 0.4) is 0 Å². The predicted molar refractivity (Wildman–Crippen MR) is 41.9 cm³/mol. The van der Waals surface area contributed by atoms with Gasteiger partial charge in [-0.05, 0) is 13.8 Å². The van der Waals surface area contributed by atoms with Gasteiger partial charge in [0.25, 0.3) is 10.1 Å². The van der Waals surface area contributed by atoms with Crippen LogP contribution in [0.15, 0.2) is 0 Å². The Morgan fingerprint density at radius 1 is 1.45 bits per heavy atom. The summed E-state index contributed by atoms with van der Waals surface area (Å²) in [5.41, 5.74) is 0. The van der Waals surface area contributed by atoms with Crippen molar-refractivity contribution in [2.24, 2.45) is 0 Å². The van der Waals surface area contributed by atoms with Gasteiger partial charge in [0, 0.05) is 7.11 Å². The van der Waals surface area contributed by atoms with Gasteiger partial charge in [0.05, 0.1) is 18.5 Å². The Morgan fingerprint density at radius 3 is 2.36 bits per heavy atom. The standard InChI is InChI=1S/C6H14O4S/c1-4-11(7,8)10-5-6(2)9-3/h6H,4-5H2,1-3H3. The molecule has 5 heteroatoms. The molecule has 0 radical (unpaired) electrons. The fraction of sp³-hybridized carbons (Fsp3) is 1.00. The Bertz CT molecular complexity index is 185. The second kappa shape index (κ2) is 4.69. The molecule has 1 unspecified atom stereocenters. The molecule has 0 aromatic rings. The molecule has 0 spiro atoms. The van der Waals surface area contributed by atoms with E-state index in [1.165, 1.54) is 14.0 Å². The van der Waals surface area contributed by atoms with E-state index in [0.29, 0.717) is 0 Å². The minimum Gasteiger partial charge on any atom is -0.379 e. The summed E-state index contributed by atoms with van der Waals surface area (Å²) in [6.07, 6.45) is -0.184. The van der Waals surface area contributed by atoms with Crippen molar-refractivity contribution >= 4 is 10.1 Å². The first-order chi connectivity index (χ1) is 5.02. The zero-order chi connectivity index (χ0) is 8.91. The van der Waals surface area contributed by atoms with Crippen LogP contribution in [0.25, 0.3) is 0 Å². The lowest BCUT2D eigenvalue weighted by Crippen LogP contribution is -2.18. The van der Waals surface area contributed by atoms with Gasteiger partial charge < -0.3 is 4.74 Å². The fourth-order valence-corrected chi connectivity index (χ4v) is 0.917. The summed E-state index contributed by atoms with van der Waals surface area (Å²) in [5.74, 6) is 0.00341. The SMILES string of the molecule is CCS(=O)(=O)OCC(C)OC. The average molecular weight is 182 g/mol. The quantitative estimate of drug-likeness (QED) is 0.577. The van der Waals surface area contributed by atoms with Gasteiger partial charge >= 0.3 is 0 Å². The lowest BCUT2D eigenvalue weighted by atomic mass is 10.4. The molecule has 0 aliphatic rings. The van der Waals surface area contributed by atoms with Crippen LogP contribution in [-0.4, -0.2) is 34.0 Å². The predicted octanol–water partition coefficient (Wildman–Crippen LogP) is 0.388. The Hall–Kier alpha value is -0.130. The summed E-state index contributed by atoms with van der Waals surface area (Å²) in [7, 11) is -1.80. The maximum atomic E-state index is 10.7. The summed E-state index contributed by atoms with van der Waals surface area (Å²) in [5, 5.41) is 0. The topological polar surface area (TPSA) is 52.6 Å². The number of ether oxygens (including phenoxy) is 1. The van der Waals surface area contributed by atoms with Gasteiger partial charge in [0.2, 0.25) is 0 Å². The highest BCUT2D eigenvalue weighted by molar-refractivity contribution is 7.86. The molecule has 4 nitrogen and oxygen atoms in total. The normalized spacial score (nSPS) is 14.8. The van der Waals surface area contributed by atoms with E-state index in [4.69, 9.17) is 4.74 Å². The van der Waals surface area contributed by atoms with Crippen LogP contribution >= 0.6 is 0 Å². The van der Waals surface area contributed by atoms with Crippen LogP contribution in [0, 0.1) is 0 Å². The van der Waals surface area contributed by atoms with Gasteiger partial charge in [-0.1, -0.05) is 0 Å². The minimum atomic E-state index is -3.30. The van der Waals surface area contributed by atoms with Gasteiger partial charge in [0.1, 0.15) is 0 Å². The van der Waals surface area contributed by atoms with E-state index in [2.05, 4.69) is 4.18 Å². The molecule has 0 heterocycles. The second-order valence-electron chi connectivity index (χ2n) is 2.18. The molecule has 0 saturated heterocycles. The third kappa shape index (κ3) is 5.17. The molecule has 0 aliphatic heterocycles. The number of methoxy groups -OCH3 is 1. The summed E-state index contributed by atoms with van der Waals surface area (Å²) in [6.45, 7) is 3.37. The van der Waals surface area contributed by atoms with Crippen molar-refractivity contribution in [3.8, 4) is 0 Å². The van der Waals surface area contributed by atoms with E-state index in [0.717, 1.165) is 0 Å². The lowest BCUT2D eigenvalue weighted by molar-refractivity contribution is 0.0740. The van der Waals surface area contributed by atoms with Crippen LogP contribution in [0.1, 0.15) is 13.8 Å². The Kier molecular flexibility index (Phi) is 4.63. The molecular weight excluding hydrogens is 168 g/mol. The zero-order valence-corrected chi connectivity index (χ0v) is 7.85. The number of hydrogen-bond donors (Lipinski definition) is 0. The second-order valence-corrected chi connectivity index (χ2v) is 4.11. The molecule has 0 aromatic heterocycles.